The summed E-state index contributed by atoms with van der Waals surface area (Å²) in [5.41, 5.74) is -5.24. The average Bonchev–Trinajstić information content (AvgIpc) is 2.99. The van der Waals surface area contributed by atoms with Gasteiger partial charge in [-0.2, -0.15) is 13.2 Å². The number of ketones is 2. The second-order valence-electron chi connectivity index (χ2n) is 9.80. The molecule has 16 heteroatoms. The number of alkyl halides is 6. The summed E-state index contributed by atoms with van der Waals surface area (Å²) in [4.78, 5) is 33.2. The van der Waals surface area contributed by atoms with E-state index in [0.717, 1.165) is 21.3 Å². The number of benzene rings is 2. The molecule has 0 radical (unpaired) electrons. The Hall–Kier alpha value is -3.13. The third kappa shape index (κ3) is 5.41. The van der Waals surface area contributed by atoms with E-state index in [1.807, 2.05) is 0 Å². The van der Waals surface area contributed by atoms with Gasteiger partial charge in [0.1, 0.15) is 0 Å². The van der Waals surface area contributed by atoms with Gasteiger partial charge in [-0.15, -0.1) is 0 Å². The molecule has 0 saturated carbocycles. The Morgan fingerprint density at radius 1 is 0.733 bits per heavy atom. The van der Waals surface area contributed by atoms with Gasteiger partial charge in [-0.1, -0.05) is 34.8 Å². The number of Topliss-reactive ketones (excluding diaryl/α,β-unsaturated/α-hetero) is 2. The first kappa shape index (κ1) is 36.3. The normalized spacial score (nSPS) is 22.4. The number of ether oxygens (including phenoxy) is 7. The molecule has 0 bridgehead atoms. The summed E-state index contributed by atoms with van der Waals surface area (Å²) < 4.78 is 82.5. The zero-order chi connectivity index (χ0) is 34.3. The van der Waals surface area contributed by atoms with Crippen LogP contribution in [0, 0.1) is 25.2 Å². The van der Waals surface area contributed by atoms with Crippen molar-refractivity contribution in [3.63, 3.8) is 0 Å². The van der Waals surface area contributed by atoms with Gasteiger partial charge in [0, 0.05) is 13.3 Å². The Kier molecular flexibility index (Phi) is 10.4. The summed E-state index contributed by atoms with van der Waals surface area (Å²) in [6.07, 6.45) is -5.11. The highest BCUT2D eigenvalue weighted by Gasteiger charge is 2.82. The number of rotatable bonds is 11. The molecule has 0 saturated heterocycles. The van der Waals surface area contributed by atoms with Crippen LogP contribution < -0.4 is 28.4 Å². The van der Waals surface area contributed by atoms with Crippen LogP contribution in [0.15, 0.2) is 17.1 Å². The van der Waals surface area contributed by atoms with Gasteiger partial charge in [0.25, 0.3) is 5.18 Å². The standard InChI is InChI=1S/C29H31Cl3F3NO9/c1-13-10-15(39-3)20(41-5)22(43-7)17(13)19(37)24-26(30,31)12-36-28(32,45-9)27(24,29(33,34)35)25(38)18-14(2)11-16(40-4)21(42-6)23(18)44-8/h10-12,24H,1-9H3. The lowest BCUT2D eigenvalue weighted by molar-refractivity contribution is -0.259. The zero-order valence-electron chi connectivity index (χ0n) is 25.7. The molecule has 2 aromatic rings. The summed E-state index contributed by atoms with van der Waals surface area (Å²) in [7, 11) is 8.06. The first-order chi connectivity index (χ1) is 20.9. The van der Waals surface area contributed by atoms with E-state index in [1.54, 1.807) is 0 Å². The topological polar surface area (TPSA) is 111 Å². The minimum absolute atomic E-state index is 0.0392. The number of carbonyl (C=O) groups is 2. The number of carbonyl (C=O) groups excluding carboxylic acids is 2. The largest absolute Gasteiger partial charge is 0.493 e. The molecule has 0 aromatic heterocycles. The van der Waals surface area contributed by atoms with E-state index in [9.17, 15) is 9.59 Å². The van der Waals surface area contributed by atoms with Crippen molar-refractivity contribution in [3.8, 4) is 34.5 Å². The minimum Gasteiger partial charge on any atom is -0.493 e. The summed E-state index contributed by atoms with van der Waals surface area (Å²) >= 11 is 19.7. The van der Waals surface area contributed by atoms with E-state index >= 15 is 13.2 Å². The second-order valence-corrected chi connectivity index (χ2v) is 11.8. The zero-order valence-corrected chi connectivity index (χ0v) is 28.0. The summed E-state index contributed by atoms with van der Waals surface area (Å²) in [5.74, 6) is -6.92. The Morgan fingerprint density at radius 3 is 1.53 bits per heavy atom. The number of nitrogens with zero attached hydrogens (tertiary/aromatic N) is 1. The number of aliphatic imine (C=N–C) groups is 1. The van der Waals surface area contributed by atoms with Crippen molar-refractivity contribution >= 4 is 52.6 Å². The van der Waals surface area contributed by atoms with Gasteiger partial charge in [-0.25, -0.2) is 4.99 Å². The molecule has 3 rings (SSSR count). The molecule has 1 aliphatic heterocycles. The van der Waals surface area contributed by atoms with Crippen LogP contribution in [0.5, 0.6) is 34.5 Å². The number of hydrogen-bond acceptors (Lipinski definition) is 10. The molecule has 1 aliphatic rings. The van der Waals surface area contributed by atoms with Crippen LogP contribution in [0.1, 0.15) is 31.8 Å². The van der Waals surface area contributed by atoms with Crippen LogP contribution in [0.4, 0.5) is 13.2 Å². The van der Waals surface area contributed by atoms with E-state index in [1.165, 1.54) is 54.4 Å². The van der Waals surface area contributed by atoms with Gasteiger partial charge >= 0.3 is 6.18 Å². The lowest BCUT2D eigenvalue weighted by Gasteiger charge is -2.52. The summed E-state index contributed by atoms with van der Waals surface area (Å²) in [5, 5.41) is -3.32. The molecule has 248 valence electrons. The van der Waals surface area contributed by atoms with Crippen LogP contribution in [0.2, 0.25) is 0 Å². The third-order valence-corrected chi connectivity index (χ3v) is 8.75. The fourth-order valence-corrected chi connectivity index (χ4v) is 6.60. The number of halogens is 6. The third-order valence-electron chi connectivity index (χ3n) is 7.57. The Balaban J connectivity index is 2.62. The van der Waals surface area contributed by atoms with Crippen LogP contribution in [0.3, 0.4) is 0 Å². The number of hydrogen-bond donors (Lipinski definition) is 0. The second kappa shape index (κ2) is 12.9. The Morgan fingerprint density at radius 2 is 1.16 bits per heavy atom. The molecule has 0 amide bonds. The Bertz CT molecular complexity index is 1530. The molecule has 2 aromatic carbocycles. The maximum absolute atomic E-state index is 16.0. The molecule has 10 nitrogen and oxygen atoms in total. The molecule has 0 aliphatic carbocycles. The highest BCUT2D eigenvalue weighted by atomic mass is 35.5. The fourth-order valence-electron chi connectivity index (χ4n) is 5.62. The quantitative estimate of drug-likeness (QED) is 0.150. The first-order valence-corrected chi connectivity index (χ1v) is 14.0. The molecule has 3 unspecified atom stereocenters. The van der Waals surface area contributed by atoms with Crippen molar-refractivity contribution in [1.29, 1.82) is 0 Å². The van der Waals surface area contributed by atoms with Crippen molar-refractivity contribution in [2.75, 3.05) is 49.8 Å². The fraction of sp³-hybridized carbons (Fsp3) is 0.483. The minimum atomic E-state index is -5.72. The highest BCUT2D eigenvalue weighted by Crippen LogP contribution is 2.65. The number of aryl methyl sites for hydroxylation is 2. The van der Waals surface area contributed by atoms with Gasteiger partial charge in [0.05, 0.1) is 59.7 Å². The van der Waals surface area contributed by atoms with Gasteiger partial charge in [-0.05, 0) is 37.1 Å². The number of methoxy groups -OCH3 is 7. The molecule has 45 heavy (non-hydrogen) atoms. The van der Waals surface area contributed by atoms with E-state index in [0.29, 0.717) is 6.21 Å². The predicted octanol–water partition coefficient (Wildman–Crippen LogP) is 6.38. The van der Waals surface area contributed by atoms with Crippen LogP contribution in [-0.4, -0.2) is 83.2 Å². The Labute approximate surface area is 272 Å². The lowest BCUT2D eigenvalue weighted by atomic mass is 9.62. The molecule has 3 atom stereocenters. The molecular weight excluding hydrogens is 670 g/mol. The molecular formula is C29H31Cl3F3NO9. The van der Waals surface area contributed by atoms with E-state index in [2.05, 4.69) is 4.99 Å². The summed E-state index contributed by atoms with van der Waals surface area (Å²) in [6, 6.07) is 2.58. The molecule has 0 spiro atoms. The van der Waals surface area contributed by atoms with Crippen LogP contribution >= 0.6 is 34.8 Å². The van der Waals surface area contributed by atoms with Crippen molar-refractivity contribution in [2.45, 2.75) is 29.5 Å². The maximum Gasteiger partial charge on any atom is 0.408 e. The van der Waals surface area contributed by atoms with Crippen LogP contribution in [0.25, 0.3) is 0 Å². The van der Waals surface area contributed by atoms with E-state index < -0.39 is 55.5 Å². The predicted molar refractivity (Wildman–Crippen MR) is 161 cm³/mol. The van der Waals surface area contributed by atoms with E-state index in [4.69, 9.17) is 68.0 Å². The van der Waals surface area contributed by atoms with Crippen molar-refractivity contribution in [2.24, 2.45) is 16.3 Å². The van der Waals surface area contributed by atoms with Gasteiger partial charge < -0.3 is 33.2 Å². The SMILES string of the molecule is COc1cc(C)c(C(=O)C2C(Cl)(Cl)C=NC(Cl)(OC)C2(C(=O)c2c(C)cc(OC)c(OC)c2OC)C(F)(F)F)c(OC)c1OC. The van der Waals surface area contributed by atoms with E-state index in [-0.39, 0.29) is 39.9 Å². The highest BCUT2D eigenvalue weighted by molar-refractivity contribution is 6.58. The monoisotopic (exact) mass is 699 g/mol. The molecule has 0 fully saturated rings. The van der Waals surface area contributed by atoms with Crippen molar-refractivity contribution in [1.82, 2.24) is 0 Å². The smallest absolute Gasteiger partial charge is 0.408 e. The van der Waals surface area contributed by atoms with Crippen molar-refractivity contribution < 1.29 is 55.9 Å². The van der Waals surface area contributed by atoms with Gasteiger partial charge in [0.15, 0.2) is 38.9 Å². The van der Waals surface area contributed by atoms with Crippen molar-refractivity contribution in [3.05, 3.63) is 34.4 Å². The van der Waals surface area contributed by atoms with Crippen LogP contribution in [-0.2, 0) is 4.74 Å². The average molecular weight is 701 g/mol. The maximum atomic E-state index is 16.0. The molecule has 1 heterocycles. The first-order valence-electron chi connectivity index (χ1n) is 12.9. The lowest BCUT2D eigenvalue weighted by Crippen LogP contribution is -2.70. The molecule has 0 N–H and O–H groups in total. The van der Waals surface area contributed by atoms with Gasteiger partial charge in [0.2, 0.25) is 16.9 Å². The summed E-state index contributed by atoms with van der Waals surface area (Å²) in [6.45, 7) is 2.73. The van der Waals surface area contributed by atoms with Gasteiger partial charge in [-0.3, -0.25) is 9.59 Å².